The summed E-state index contributed by atoms with van der Waals surface area (Å²) in [7, 11) is 0. The number of aromatic carboxylic acids is 1. The Hall–Kier alpha value is -2.89. The molecule has 0 atom stereocenters. The van der Waals surface area contributed by atoms with E-state index >= 15 is 0 Å². The summed E-state index contributed by atoms with van der Waals surface area (Å²) in [6.45, 7) is 2.31. The van der Waals surface area contributed by atoms with Gasteiger partial charge in [-0.3, -0.25) is 4.79 Å². The smallest absolute Gasteiger partial charge is 0.341 e. The Labute approximate surface area is 119 Å². The molecule has 6 heteroatoms. The van der Waals surface area contributed by atoms with Gasteiger partial charge < -0.3 is 14.2 Å². The highest BCUT2D eigenvalue weighted by atomic mass is 16.5. The molecule has 0 bridgehead atoms. The van der Waals surface area contributed by atoms with Crippen molar-refractivity contribution in [2.24, 2.45) is 0 Å². The van der Waals surface area contributed by atoms with Crippen LogP contribution in [-0.2, 0) is 6.54 Å². The van der Waals surface area contributed by atoms with Crippen molar-refractivity contribution in [3.63, 3.8) is 0 Å². The molecular formula is C15H12N2O4. The average molecular weight is 284 g/mol. The third-order valence-corrected chi connectivity index (χ3v) is 3.31. The van der Waals surface area contributed by atoms with Crippen molar-refractivity contribution in [2.75, 3.05) is 0 Å². The number of hydrogen-bond donors (Lipinski definition) is 1. The van der Waals surface area contributed by atoms with Crippen molar-refractivity contribution in [1.29, 1.82) is 0 Å². The Morgan fingerprint density at radius 2 is 2.05 bits per heavy atom. The van der Waals surface area contributed by atoms with Crippen molar-refractivity contribution in [3.8, 4) is 11.3 Å². The number of carboxylic acid groups (broad SMARTS) is 1. The van der Waals surface area contributed by atoms with Crippen LogP contribution in [0.4, 0.5) is 0 Å². The van der Waals surface area contributed by atoms with Crippen LogP contribution in [0.1, 0.15) is 17.3 Å². The molecule has 1 aromatic carbocycles. The van der Waals surface area contributed by atoms with Gasteiger partial charge in [-0.05, 0) is 6.92 Å². The predicted molar refractivity (Wildman–Crippen MR) is 76.3 cm³/mol. The standard InChI is InChI=1S/C15H12N2O4/c1-2-17-8-10(15(19)20)13(18)11-12(16-21-14(11)17)9-6-4-3-5-7-9/h3-8H,2H2,1H3,(H,19,20). The van der Waals surface area contributed by atoms with Gasteiger partial charge in [0.1, 0.15) is 16.6 Å². The van der Waals surface area contributed by atoms with Gasteiger partial charge >= 0.3 is 5.97 Å². The van der Waals surface area contributed by atoms with E-state index in [1.54, 1.807) is 16.7 Å². The van der Waals surface area contributed by atoms with Gasteiger partial charge in [0.15, 0.2) is 0 Å². The maximum absolute atomic E-state index is 12.4. The van der Waals surface area contributed by atoms with Gasteiger partial charge in [-0.1, -0.05) is 35.5 Å². The van der Waals surface area contributed by atoms with Gasteiger partial charge in [0.05, 0.1) is 0 Å². The number of pyridine rings is 1. The SMILES string of the molecule is CCn1cc(C(=O)O)c(=O)c2c(-c3ccccc3)noc21. The number of carboxylic acids is 1. The van der Waals surface area contributed by atoms with E-state index in [2.05, 4.69) is 5.16 Å². The first-order chi connectivity index (χ1) is 10.1. The number of carbonyl (C=O) groups is 1. The van der Waals surface area contributed by atoms with Gasteiger partial charge in [-0.25, -0.2) is 4.79 Å². The van der Waals surface area contributed by atoms with Crippen LogP contribution in [0.5, 0.6) is 0 Å². The summed E-state index contributed by atoms with van der Waals surface area (Å²) in [5, 5.41) is 13.3. The van der Waals surface area contributed by atoms with Crippen LogP contribution in [0.15, 0.2) is 45.8 Å². The highest BCUT2D eigenvalue weighted by Gasteiger charge is 2.21. The Morgan fingerprint density at radius 1 is 1.33 bits per heavy atom. The van der Waals surface area contributed by atoms with Crippen LogP contribution in [0, 0.1) is 0 Å². The number of nitrogens with zero attached hydrogens (tertiary/aromatic N) is 2. The molecule has 106 valence electrons. The second-order valence-electron chi connectivity index (χ2n) is 4.54. The Balaban J connectivity index is 2.42. The number of hydrogen-bond acceptors (Lipinski definition) is 4. The molecule has 6 nitrogen and oxygen atoms in total. The molecule has 2 aromatic heterocycles. The lowest BCUT2D eigenvalue weighted by Crippen LogP contribution is -2.18. The van der Waals surface area contributed by atoms with Crippen molar-refractivity contribution in [1.82, 2.24) is 9.72 Å². The molecule has 0 radical (unpaired) electrons. The summed E-state index contributed by atoms with van der Waals surface area (Å²) in [4.78, 5) is 23.6. The van der Waals surface area contributed by atoms with Gasteiger partial charge in [0, 0.05) is 18.3 Å². The summed E-state index contributed by atoms with van der Waals surface area (Å²) in [5.74, 6) is -1.26. The third kappa shape index (κ3) is 2.01. The van der Waals surface area contributed by atoms with Gasteiger partial charge in [0.2, 0.25) is 11.1 Å². The second kappa shape index (κ2) is 4.90. The summed E-state index contributed by atoms with van der Waals surface area (Å²) in [6, 6.07) is 9.06. The van der Waals surface area contributed by atoms with Crippen LogP contribution in [0.2, 0.25) is 0 Å². The molecule has 0 unspecified atom stereocenters. The summed E-state index contributed by atoms with van der Waals surface area (Å²) < 4.78 is 6.83. The monoisotopic (exact) mass is 284 g/mol. The maximum atomic E-state index is 12.4. The molecule has 0 aliphatic rings. The first-order valence-electron chi connectivity index (χ1n) is 6.45. The molecule has 21 heavy (non-hydrogen) atoms. The highest BCUT2D eigenvalue weighted by molar-refractivity contribution is 5.96. The summed E-state index contributed by atoms with van der Waals surface area (Å²) in [6.07, 6.45) is 1.28. The van der Waals surface area contributed by atoms with E-state index in [1.165, 1.54) is 6.20 Å². The topological polar surface area (TPSA) is 85.3 Å². The van der Waals surface area contributed by atoms with Crippen LogP contribution >= 0.6 is 0 Å². The van der Waals surface area contributed by atoms with E-state index in [0.717, 1.165) is 0 Å². The fourth-order valence-corrected chi connectivity index (χ4v) is 2.27. The molecule has 0 fully saturated rings. The summed E-state index contributed by atoms with van der Waals surface area (Å²) >= 11 is 0. The Morgan fingerprint density at radius 3 is 2.67 bits per heavy atom. The fourth-order valence-electron chi connectivity index (χ4n) is 2.27. The molecule has 3 rings (SSSR count). The van der Waals surface area contributed by atoms with Crippen molar-refractivity contribution < 1.29 is 14.4 Å². The van der Waals surface area contributed by atoms with Crippen LogP contribution < -0.4 is 5.43 Å². The molecule has 0 saturated heterocycles. The molecule has 0 aliphatic carbocycles. The Kier molecular flexibility index (Phi) is 3.06. The van der Waals surface area contributed by atoms with E-state index < -0.39 is 11.4 Å². The minimum absolute atomic E-state index is 0.197. The van der Waals surface area contributed by atoms with E-state index in [1.807, 2.05) is 25.1 Å². The van der Waals surface area contributed by atoms with Gasteiger partial charge in [0.25, 0.3) is 0 Å². The summed E-state index contributed by atoms with van der Waals surface area (Å²) in [5.41, 5.74) is 0.484. The number of benzene rings is 1. The number of aromatic nitrogens is 2. The molecular weight excluding hydrogens is 272 g/mol. The lowest BCUT2D eigenvalue weighted by atomic mass is 10.1. The minimum Gasteiger partial charge on any atom is -0.477 e. The first-order valence-corrected chi connectivity index (χ1v) is 6.45. The number of fused-ring (bicyclic) bond motifs is 1. The van der Waals surface area contributed by atoms with E-state index in [9.17, 15) is 14.7 Å². The lowest BCUT2D eigenvalue weighted by molar-refractivity contribution is 0.0695. The first kappa shape index (κ1) is 13.1. The van der Waals surface area contributed by atoms with E-state index in [4.69, 9.17) is 4.52 Å². The molecule has 2 heterocycles. The van der Waals surface area contributed by atoms with Crippen molar-refractivity contribution in [3.05, 3.63) is 52.3 Å². The number of aryl methyl sites for hydroxylation is 1. The molecule has 0 amide bonds. The van der Waals surface area contributed by atoms with Gasteiger partial charge in [-0.15, -0.1) is 0 Å². The van der Waals surface area contributed by atoms with Crippen molar-refractivity contribution >= 4 is 17.1 Å². The quantitative estimate of drug-likeness (QED) is 0.798. The average Bonchev–Trinajstić information content (AvgIpc) is 2.94. The molecule has 0 saturated carbocycles. The third-order valence-electron chi connectivity index (χ3n) is 3.31. The lowest BCUT2D eigenvalue weighted by Gasteiger charge is -2.04. The van der Waals surface area contributed by atoms with E-state index in [-0.39, 0.29) is 16.7 Å². The normalized spacial score (nSPS) is 10.9. The molecule has 0 aliphatic heterocycles. The fraction of sp³-hybridized carbons (Fsp3) is 0.133. The van der Waals surface area contributed by atoms with Crippen molar-refractivity contribution in [2.45, 2.75) is 13.5 Å². The largest absolute Gasteiger partial charge is 0.477 e. The second-order valence-corrected chi connectivity index (χ2v) is 4.54. The predicted octanol–water partition coefficient (Wildman–Crippen LogP) is 2.37. The maximum Gasteiger partial charge on any atom is 0.341 e. The highest BCUT2D eigenvalue weighted by Crippen LogP contribution is 2.25. The molecule has 1 N–H and O–H groups in total. The van der Waals surface area contributed by atoms with E-state index in [0.29, 0.717) is 17.8 Å². The molecule has 3 aromatic rings. The van der Waals surface area contributed by atoms with Crippen LogP contribution in [0.3, 0.4) is 0 Å². The zero-order valence-corrected chi connectivity index (χ0v) is 11.2. The van der Waals surface area contributed by atoms with Crippen LogP contribution in [0.25, 0.3) is 22.4 Å². The molecule has 0 spiro atoms. The Bertz CT molecular complexity index is 878. The number of rotatable bonds is 3. The zero-order valence-electron chi connectivity index (χ0n) is 11.2. The van der Waals surface area contributed by atoms with Crippen LogP contribution in [-0.4, -0.2) is 20.8 Å². The minimum atomic E-state index is -1.26. The zero-order chi connectivity index (χ0) is 15.0. The van der Waals surface area contributed by atoms with Gasteiger partial charge in [-0.2, -0.15) is 0 Å².